The molecule has 0 fully saturated rings. The van der Waals surface area contributed by atoms with E-state index in [4.69, 9.17) is 16.3 Å². The lowest BCUT2D eigenvalue weighted by Crippen LogP contribution is -2.09. The Hall–Kier alpha value is -2.92. The average Bonchev–Trinajstić information content (AvgIpc) is 2.55. The molecule has 0 aliphatic rings. The lowest BCUT2D eigenvalue weighted by molar-refractivity contribution is -0.384. The second kappa shape index (κ2) is 6.06. The molecule has 0 aliphatic carbocycles. The van der Waals surface area contributed by atoms with E-state index in [-0.39, 0.29) is 16.3 Å². The highest BCUT2D eigenvalue weighted by atomic mass is 35.5. The number of nitrogens with zero attached hydrogens (tertiary/aromatic N) is 1. The second-order valence-electron chi connectivity index (χ2n) is 4.79. The molecule has 0 N–H and O–H groups in total. The van der Waals surface area contributed by atoms with Crippen LogP contribution in [0.2, 0.25) is 5.02 Å². The first-order valence-electron chi connectivity index (χ1n) is 6.70. The van der Waals surface area contributed by atoms with Crippen LogP contribution in [0.15, 0.2) is 60.7 Å². The number of benzene rings is 3. The van der Waals surface area contributed by atoms with Crippen molar-refractivity contribution in [2.45, 2.75) is 0 Å². The minimum absolute atomic E-state index is 0.0308. The van der Waals surface area contributed by atoms with Crippen LogP contribution in [-0.4, -0.2) is 10.9 Å². The maximum Gasteiger partial charge on any atom is 0.343 e. The summed E-state index contributed by atoms with van der Waals surface area (Å²) in [6, 6.07) is 16.6. The fraction of sp³-hybridized carbons (Fsp3) is 0. The van der Waals surface area contributed by atoms with Gasteiger partial charge in [0.25, 0.3) is 5.69 Å². The smallest absolute Gasteiger partial charge is 0.343 e. The normalized spacial score (nSPS) is 10.5. The standard InChI is InChI=1S/C17H10ClNO4/c18-14-9-8-12(10-15(14)19(21)22)17(20)23-16-7-3-5-11-4-1-2-6-13(11)16/h1-10H. The summed E-state index contributed by atoms with van der Waals surface area (Å²) in [5.41, 5.74) is -0.270. The molecule has 0 heterocycles. The summed E-state index contributed by atoms with van der Waals surface area (Å²) in [5.74, 6) is -0.285. The molecule has 3 aromatic carbocycles. The van der Waals surface area contributed by atoms with Gasteiger partial charge in [0.15, 0.2) is 0 Å². The quantitative estimate of drug-likeness (QED) is 0.304. The van der Waals surface area contributed by atoms with E-state index >= 15 is 0 Å². The predicted molar refractivity (Wildman–Crippen MR) is 87.0 cm³/mol. The van der Waals surface area contributed by atoms with Crippen molar-refractivity contribution in [3.63, 3.8) is 0 Å². The van der Waals surface area contributed by atoms with Crippen molar-refractivity contribution in [1.29, 1.82) is 0 Å². The molecule has 0 atom stereocenters. The number of fused-ring (bicyclic) bond motifs is 1. The lowest BCUT2D eigenvalue weighted by atomic mass is 10.1. The van der Waals surface area contributed by atoms with Crippen molar-refractivity contribution in [2.24, 2.45) is 0 Å². The second-order valence-corrected chi connectivity index (χ2v) is 5.20. The molecular weight excluding hydrogens is 318 g/mol. The number of carbonyl (C=O) groups excluding carboxylic acids is 1. The first-order chi connectivity index (χ1) is 11.1. The molecule has 0 amide bonds. The molecule has 0 saturated heterocycles. The zero-order valence-electron chi connectivity index (χ0n) is 11.7. The number of nitro groups is 1. The Morgan fingerprint density at radius 3 is 2.57 bits per heavy atom. The van der Waals surface area contributed by atoms with E-state index in [1.165, 1.54) is 12.1 Å². The van der Waals surface area contributed by atoms with Crippen LogP contribution in [-0.2, 0) is 0 Å². The van der Waals surface area contributed by atoms with Gasteiger partial charge in [0.05, 0.1) is 10.5 Å². The topological polar surface area (TPSA) is 69.4 Å². The third-order valence-corrected chi connectivity index (χ3v) is 3.65. The molecule has 0 unspecified atom stereocenters. The largest absolute Gasteiger partial charge is 0.422 e. The number of ether oxygens (including phenoxy) is 1. The van der Waals surface area contributed by atoms with E-state index in [2.05, 4.69) is 0 Å². The molecule has 0 saturated carbocycles. The highest BCUT2D eigenvalue weighted by molar-refractivity contribution is 6.32. The van der Waals surface area contributed by atoms with Gasteiger partial charge in [-0.05, 0) is 23.6 Å². The van der Waals surface area contributed by atoms with Crippen LogP contribution in [0.3, 0.4) is 0 Å². The zero-order valence-corrected chi connectivity index (χ0v) is 12.5. The van der Waals surface area contributed by atoms with Crippen LogP contribution >= 0.6 is 11.6 Å². The Bertz CT molecular complexity index is 918. The third-order valence-electron chi connectivity index (χ3n) is 3.33. The molecule has 6 heteroatoms. The number of carbonyl (C=O) groups is 1. The summed E-state index contributed by atoms with van der Waals surface area (Å²) < 4.78 is 5.38. The highest BCUT2D eigenvalue weighted by Crippen LogP contribution is 2.28. The fourth-order valence-electron chi connectivity index (χ4n) is 2.22. The average molecular weight is 328 g/mol. The van der Waals surface area contributed by atoms with Gasteiger partial charge in [-0.1, -0.05) is 48.0 Å². The molecule has 0 bridgehead atoms. The van der Waals surface area contributed by atoms with Gasteiger partial charge >= 0.3 is 5.97 Å². The van der Waals surface area contributed by atoms with Gasteiger partial charge in [-0.3, -0.25) is 10.1 Å². The Morgan fingerprint density at radius 2 is 1.78 bits per heavy atom. The maximum absolute atomic E-state index is 12.3. The van der Waals surface area contributed by atoms with Crippen LogP contribution in [0, 0.1) is 10.1 Å². The summed E-state index contributed by atoms with van der Waals surface area (Å²) in [7, 11) is 0. The molecule has 114 valence electrons. The maximum atomic E-state index is 12.3. The Kier molecular flexibility index (Phi) is 3.95. The van der Waals surface area contributed by atoms with E-state index in [0.717, 1.165) is 16.8 Å². The van der Waals surface area contributed by atoms with Gasteiger partial charge in [0.2, 0.25) is 0 Å². The van der Waals surface area contributed by atoms with Gasteiger partial charge in [0.1, 0.15) is 10.8 Å². The van der Waals surface area contributed by atoms with Crippen LogP contribution < -0.4 is 4.74 Å². The predicted octanol–water partition coefficient (Wildman–Crippen LogP) is 4.62. The van der Waals surface area contributed by atoms with Crippen molar-refractivity contribution in [3.05, 3.63) is 81.4 Å². The van der Waals surface area contributed by atoms with E-state index in [1.807, 2.05) is 30.3 Å². The van der Waals surface area contributed by atoms with Crippen LogP contribution in [0.4, 0.5) is 5.69 Å². The van der Waals surface area contributed by atoms with Gasteiger partial charge in [-0.2, -0.15) is 0 Å². The minimum Gasteiger partial charge on any atom is -0.422 e. The van der Waals surface area contributed by atoms with Gasteiger partial charge < -0.3 is 4.74 Å². The molecule has 3 aromatic rings. The van der Waals surface area contributed by atoms with Crippen LogP contribution in [0.5, 0.6) is 5.75 Å². The molecule has 23 heavy (non-hydrogen) atoms. The first-order valence-corrected chi connectivity index (χ1v) is 7.08. The monoisotopic (exact) mass is 327 g/mol. The number of hydrogen-bond acceptors (Lipinski definition) is 4. The summed E-state index contributed by atoms with van der Waals surface area (Å²) >= 11 is 5.74. The fourth-order valence-corrected chi connectivity index (χ4v) is 2.41. The highest BCUT2D eigenvalue weighted by Gasteiger charge is 2.18. The van der Waals surface area contributed by atoms with Crippen LogP contribution in [0.1, 0.15) is 10.4 Å². The summed E-state index contributed by atoms with van der Waals surface area (Å²) in [4.78, 5) is 22.5. The van der Waals surface area contributed by atoms with Crippen LogP contribution in [0.25, 0.3) is 10.8 Å². The Balaban J connectivity index is 1.95. The molecular formula is C17H10ClNO4. The number of esters is 1. The van der Waals surface area contributed by atoms with Crippen molar-refractivity contribution >= 4 is 34.0 Å². The molecule has 0 aliphatic heterocycles. The number of rotatable bonds is 3. The van der Waals surface area contributed by atoms with Gasteiger partial charge in [-0.25, -0.2) is 4.79 Å². The van der Waals surface area contributed by atoms with E-state index in [1.54, 1.807) is 12.1 Å². The third kappa shape index (κ3) is 3.00. The summed E-state index contributed by atoms with van der Waals surface area (Å²) in [5, 5.41) is 12.6. The number of halogens is 1. The molecule has 0 aromatic heterocycles. The molecule has 3 rings (SSSR count). The van der Waals surface area contributed by atoms with E-state index in [9.17, 15) is 14.9 Å². The SMILES string of the molecule is O=C(Oc1cccc2ccccc12)c1ccc(Cl)c([N+](=O)[O-])c1. The first kappa shape index (κ1) is 15.0. The van der Waals surface area contributed by atoms with Crippen molar-refractivity contribution < 1.29 is 14.5 Å². The molecule has 5 nitrogen and oxygen atoms in total. The van der Waals surface area contributed by atoms with Crippen molar-refractivity contribution in [2.75, 3.05) is 0 Å². The van der Waals surface area contributed by atoms with Crippen molar-refractivity contribution in [3.8, 4) is 5.75 Å². The minimum atomic E-state index is -0.680. The molecule has 0 spiro atoms. The number of hydrogen-bond donors (Lipinski definition) is 0. The summed E-state index contributed by atoms with van der Waals surface area (Å²) in [6.45, 7) is 0. The lowest BCUT2D eigenvalue weighted by Gasteiger charge is -2.08. The Labute approximate surface area is 136 Å². The molecule has 0 radical (unpaired) electrons. The van der Waals surface area contributed by atoms with Crippen molar-refractivity contribution in [1.82, 2.24) is 0 Å². The van der Waals surface area contributed by atoms with Gasteiger partial charge in [0, 0.05) is 11.5 Å². The Morgan fingerprint density at radius 1 is 1.04 bits per heavy atom. The van der Waals surface area contributed by atoms with Gasteiger partial charge in [-0.15, -0.1) is 0 Å². The van der Waals surface area contributed by atoms with E-state index < -0.39 is 10.9 Å². The summed E-state index contributed by atoms with van der Waals surface area (Å²) in [6.07, 6.45) is 0. The van der Waals surface area contributed by atoms with E-state index in [0.29, 0.717) is 5.75 Å². The number of nitro benzene ring substituents is 1. The zero-order chi connectivity index (χ0) is 16.4.